The molecule has 0 aromatic carbocycles. The van der Waals surface area contributed by atoms with Crippen LogP contribution in [-0.4, -0.2) is 49.7 Å². The number of aromatic nitrogens is 2. The van der Waals surface area contributed by atoms with Crippen LogP contribution in [0.4, 0.5) is 0 Å². The maximum atomic E-state index is 12.3. The van der Waals surface area contributed by atoms with Gasteiger partial charge in [-0.1, -0.05) is 0 Å². The molecule has 1 aromatic rings. The summed E-state index contributed by atoms with van der Waals surface area (Å²) in [6, 6.07) is 0. The van der Waals surface area contributed by atoms with E-state index < -0.39 is 10.0 Å². The van der Waals surface area contributed by atoms with Gasteiger partial charge in [0.1, 0.15) is 4.90 Å². The van der Waals surface area contributed by atoms with Crippen LogP contribution in [0.3, 0.4) is 0 Å². The van der Waals surface area contributed by atoms with Crippen LogP contribution < -0.4 is 5.32 Å². The highest BCUT2D eigenvalue weighted by Crippen LogP contribution is 2.21. The third-order valence-corrected chi connectivity index (χ3v) is 4.90. The van der Waals surface area contributed by atoms with Gasteiger partial charge in [-0.25, -0.2) is 8.42 Å². The Labute approximate surface area is 115 Å². The van der Waals surface area contributed by atoms with E-state index in [0.29, 0.717) is 29.4 Å². The van der Waals surface area contributed by atoms with Gasteiger partial charge in [0, 0.05) is 27.2 Å². The Morgan fingerprint density at radius 3 is 2.33 bits per heavy atom. The fourth-order valence-electron chi connectivity index (χ4n) is 1.67. The van der Waals surface area contributed by atoms with Crippen molar-refractivity contribution in [2.45, 2.75) is 18.7 Å². The molecule has 1 N–H and O–H groups in total. The number of rotatable bonds is 5. The highest BCUT2D eigenvalue weighted by atomic mass is 35.5. The smallest absolute Gasteiger partial charge is 0.246 e. The number of aryl methyl sites for hydroxylation is 2. The molecule has 0 radical (unpaired) electrons. The summed E-state index contributed by atoms with van der Waals surface area (Å²) in [4.78, 5) is 0.318. The topological polar surface area (TPSA) is 67.2 Å². The van der Waals surface area contributed by atoms with Gasteiger partial charge in [0.2, 0.25) is 10.0 Å². The van der Waals surface area contributed by atoms with Crippen LogP contribution in [0.25, 0.3) is 0 Å². The Morgan fingerprint density at radius 2 is 1.94 bits per heavy atom. The number of hydrogen-bond acceptors (Lipinski definition) is 4. The molecule has 0 atom stereocenters. The maximum absolute atomic E-state index is 12.3. The van der Waals surface area contributed by atoms with Gasteiger partial charge in [0.15, 0.2) is 0 Å². The summed E-state index contributed by atoms with van der Waals surface area (Å²) in [7, 11) is 1.68. The standard InChI is InChI=1S/C10H20N4O2S.ClH/c1-8-10(9(2)14(5)12-8)17(15,16)13(4)7-6-11-3;/h11H,6-7H2,1-5H3;1H. The first-order chi connectivity index (χ1) is 7.82. The first-order valence-electron chi connectivity index (χ1n) is 5.43. The second kappa shape index (κ2) is 6.51. The third-order valence-electron chi connectivity index (χ3n) is 2.79. The van der Waals surface area contributed by atoms with E-state index in [1.54, 1.807) is 39.7 Å². The fourth-order valence-corrected chi connectivity index (χ4v) is 3.24. The molecule has 8 heteroatoms. The average Bonchev–Trinajstić information content (AvgIpc) is 2.49. The van der Waals surface area contributed by atoms with Gasteiger partial charge in [-0.05, 0) is 20.9 Å². The Hall–Kier alpha value is -0.630. The second-order valence-electron chi connectivity index (χ2n) is 4.05. The molecule has 0 unspecified atom stereocenters. The van der Waals surface area contributed by atoms with Gasteiger partial charge >= 0.3 is 0 Å². The zero-order chi connectivity index (χ0) is 13.2. The number of halogens is 1. The monoisotopic (exact) mass is 296 g/mol. The molecule has 0 amide bonds. The van der Waals surface area contributed by atoms with Crippen LogP contribution in [0.2, 0.25) is 0 Å². The van der Waals surface area contributed by atoms with Crippen molar-refractivity contribution in [2.24, 2.45) is 7.05 Å². The molecule has 1 aromatic heterocycles. The van der Waals surface area contributed by atoms with Crippen LogP contribution >= 0.6 is 12.4 Å². The Kier molecular flexibility index (Phi) is 6.28. The lowest BCUT2D eigenvalue weighted by molar-refractivity contribution is 0.465. The molecule has 0 saturated heterocycles. The molecular weight excluding hydrogens is 276 g/mol. The van der Waals surface area contributed by atoms with Crippen LogP contribution in [-0.2, 0) is 17.1 Å². The predicted octanol–water partition coefficient (Wildman–Crippen LogP) is 0.299. The number of sulfonamides is 1. The minimum Gasteiger partial charge on any atom is -0.318 e. The molecule has 0 aliphatic rings. The van der Waals surface area contributed by atoms with Gasteiger partial charge in [0.25, 0.3) is 0 Å². The number of hydrogen-bond donors (Lipinski definition) is 1. The van der Waals surface area contributed by atoms with E-state index in [2.05, 4.69) is 10.4 Å². The first kappa shape index (κ1) is 17.4. The van der Waals surface area contributed by atoms with Crippen molar-refractivity contribution in [3.8, 4) is 0 Å². The van der Waals surface area contributed by atoms with Crippen molar-refractivity contribution in [1.29, 1.82) is 0 Å². The number of likely N-dealkylation sites (N-methyl/N-ethyl adjacent to an activating group) is 2. The minimum atomic E-state index is -3.44. The molecule has 0 aliphatic heterocycles. The summed E-state index contributed by atoms with van der Waals surface area (Å²) in [5.41, 5.74) is 1.21. The quantitative estimate of drug-likeness (QED) is 0.848. The van der Waals surface area contributed by atoms with Crippen molar-refractivity contribution in [2.75, 3.05) is 27.2 Å². The lowest BCUT2D eigenvalue weighted by Crippen LogP contribution is -2.33. The van der Waals surface area contributed by atoms with Gasteiger partial charge < -0.3 is 5.32 Å². The number of nitrogens with zero attached hydrogens (tertiary/aromatic N) is 3. The summed E-state index contributed by atoms with van der Waals surface area (Å²) in [6.07, 6.45) is 0. The van der Waals surface area contributed by atoms with Gasteiger partial charge in [-0.2, -0.15) is 9.40 Å². The summed E-state index contributed by atoms with van der Waals surface area (Å²) in [5.74, 6) is 0. The van der Waals surface area contributed by atoms with Crippen molar-refractivity contribution >= 4 is 22.4 Å². The van der Waals surface area contributed by atoms with Crippen molar-refractivity contribution in [3.63, 3.8) is 0 Å². The molecule has 18 heavy (non-hydrogen) atoms. The largest absolute Gasteiger partial charge is 0.318 e. The SMILES string of the molecule is CNCCN(C)S(=O)(=O)c1c(C)nn(C)c1C.Cl. The summed E-state index contributed by atoms with van der Waals surface area (Å²) in [5, 5.41) is 7.06. The molecule has 6 nitrogen and oxygen atoms in total. The molecule has 0 spiro atoms. The van der Waals surface area contributed by atoms with Gasteiger partial charge in [-0.15, -0.1) is 12.4 Å². The van der Waals surface area contributed by atoms with Gasteiger partial charge in [0.05, 0.1) is 11.4 Å². The van der Waals surface area contributed by atoms with E-state index in [9.17, 15) is 8.42 Å². The summed E-state index contributed by atoms with van der Waals surface area (Å²) in [6.45, 7) is 4.53. The highest BCUT2D eigenvalue weighted by Gasteiger charge is 2.27. The van der Waals surface area contributed by atoms with Crippen LogP contribution in [0.1, 0.15) is 11.4 Å². The van der Waals surface area contributed by atoms with E-state index in [0.717, 1.165) is 0 Å². The van der Waals surface area contributed by atoms with Crippen molar-refractivity contribution < 1.29 is 8.42 Å². The predicted molar refractivity (Wildman–Crippen MR) is 73.7 cm³/mol. The first-order valence-corrected chi connectivity index (χ1v) is 6.87. The van der Waals surface area contributed by atoms with E-state index in [-0.39, 0.29) is 12.4 Å². The summed E-state index contributed by atoms with van der Waals surface area (Å²) >= 11 is 0. The normalized spacial score (nSPS) is 11.7. The molecule has 0 saturated carbocycles. The van der Waals surface area contributed by atoms with Crippen LogP contribution in [0.15, 0.2) is 4.90 Å². The highest BCUT2D eigenvalue weighted by molar-refractivity contribution is 7.89. The molecule has 0 bridgehead atoms. The van der Waals surface area contributed by atoms with E-state index >= 15 is 0 Å². The molecule has 1 heterocycles. The van der Waals surface area contributed by atoms with Gasteiger partial charge in [-0.3, -0.25) is 4.68 Å². The van der Waals surface area contributed by atoms with Crippen molar-refractivity contribution in [3.05, 3.63) is 11.4 Å². The lowest BCUT2D eigenvalue weighted by atomic mass is 10.4. The average molecular weight is 297 g/mol. The summed E-state index contributed by atoms with van der Waals surface area (Å²) < 4.78 is 27.6. The Bertz CT molecular complexity index is 498. The lowest BCUT2D eigenvalue weighted by Gasteiger charge is -2.17. The Balaban J connectivity index is 0.00000289. The zero-order valence-electron chi connectivity index (χ0n) is 11.4. The third kappa shape index (κ3) is 3.23. The van der Waals surface area contributed by atoms with Crippen molar-refractivity contribution in [1.82, 2.24) is 19.4 Å². The molecule has 1 rings (SSSR count). The second-order valence-corrected chi connectivity index (χ2v) is 6.04. The van der Waals surface area contributed by atoms with E-state index in [1.807, 2.05) is 0 Å². The molecule has 106 valence electrons. The van der Waals surface area contributed by atoms with E-state index in [4.69, 9.17) is 0 Å². The molecular formula is C10H21ClN4O2S. The fraction of sp³-hybridized carbons (Fsp3) is 0.700. The maximum Gasteiger partial charge on any atom is 0.246 e. The Morgan fingerprint density at radius 1 is 1.39 bits per heavy atom. The minimum absolute atomic E-state index is 0. The number of nitrogens with one attached hydrogen (secondary N) is 1. The van der Waals surface area contributed by atoms with Crippen LogP contribution in [0, 0.1) is 13.8 Å². The zero-order valence-corrected chi connectivity index (χ0v) is 13.0. The molecule has 0 fully saturated rings. The molecule has 0 aliphatic carbocycles. The van der Waals surface area contributed by atoms with Crippen LogP contribution in [0.5, 0.6) is 0 Å². The van der Waals surface area contributed by atoms with E-state index in [1.165, 1.54) is 4.31 Å².